The number of hydrogen-bond donors (Lipinski definition) is 2. The summed E-state index contributed by atoms with van der Waals surface area (Å²) in [5.41, 5.74) is 2.18. The lowest BCUT2D eigenvalue weighted by Gasteiger charge is -2.10. The van der Waals surface area contributed by atoms with E-state index in [4.69, 9.17) is 39.5 Å². The second-order valence-corrected chi connectivity index (χ2v) is 7.92. The van der Waals surface area contributed by atoms with Gasteiger partial charge in [-0.25, -0.2) is 9.59 Å². The van der Waals surface area contributed by atoms with Gasteiger partial charge in [0.2, 0.25) is 0 Å². The average Bonchev–Trinajstić information content (AvgIpc) is 3.09. The van der Waals surface area contributed by atoms with Crippen LogP contribution in [0.15, 0.2) is 47.8 Å². The summed E-state index contributed by atoms with van der Waals surface area (Å²) >= 11 is 19.0. The molecular weight excluding hydrogens is 455 g/mol. The maximum Gasteiger partial charge on any atom is 0.341 e. The van der Waals surface area contributed by atoms with Gasteiger partial charge in [0.25, 0.3) is 0 Å². The molecule has 1 heterocycles. The predicted octanol–water partition coefficient (Wildman–Crippen LogP) is 7.20. The van der Waals surface area contributed by atoms with Gasteiger partial charge in [-0.2, -0.15) is 0 Å². The number of carbonyl (C=O) groups is 2. The second kappa shape index (κ2) is 9.50. The van der Waals surface area contributed by atoms with Crippen molar-refractivity contribution in [3.63, 3.8) is 0 Å². The molecule has 9 heteroatoms. The van der Waals surface area contributed by atoms with Gasteiger partial charge >= 0.3 is 12.0 Å². The summed E-state index contributed by atoms with van der Waals surface area (Å²) in [5, 5.41) is 8.79. The minimum Gasteiger partial charge on any atom is -0.462 e. The standard InChI is InChI=1S/C20H15Cl3N2O3S/c1-2-28-19(26)17-14(11-3-5-12(21)6-4-11)10-29-18(17)25-20(27)24-13-7-8-15(22)16(23)9-13/h3-10H,2H2,1H3,(H2,24,25,27). The number of amides is 2. The topological polar surface area (TPSA) is 67.4 Å². The molecule has 0 fully saturated rings. The van der Waals surface area contributed by atoms with Crippen LogP contribution in [0.1, 0.15) is 17.3 Å². The first kappa shape index (κ1) is 21.5. The number of anilines is 2. The molecule has 0 aliphatic carbocycles. The third kappa shape index (κ3) is 5.22. The van der Waals surface area contributed by atoms with Crippen molar-refractivity contribution in [2.75, 3.05) is 17.2 Å². The molecule has 2 aromatic carbocycles. The number of hydrogen-bond acceptors (Lipinski definition) is 4. The second-order valence-electron chi connectivity index (χ2n) is 5.79. The highest BCUT2D eigenvalue weighted by Crippen LogP contribution is 2.37. The Bertz CT molecular complexity index is 1050. The quantitative estimate of drug-likeness (QED) is 0.388. The molecule has 0 unspecified atom stereocenters. The number of thiophene rings is 1. The van der Waals surface area contributed by atoms with E-state index in [-0.39, 0.29) is 12.2 Å². The van der Waals surface area contributed by atoms with E-state index in [1.807, 2.05) is 0 Å². The molecular formula is C20H15Cl3N2O3S. The predicted molar refractivity (Wildman–Crippen MR) is 120 cm³/mol. The Hall–Kier alpha value is -2.25. The van der Waals surface area contributed by atoms with Gasteiger partial charge in [0.1, 0.15) is 10.6 Å². The molecule has 0 bridgehead atoms. The van der Waals surface area contributed by atoms with Crippen molar-refractivity contribution in [1.82, 2.24) is 0 Å². The van der Waals surface area contributed by atoms with Gasteiger partial charge in [-0.15, -0.1) is 11.3 Å². The summed E-state index contributed by atoms with van der Waals surface area (Å²) in [5.74, 6) is -0.525. The Morgan fingerprint density at radius 3 is 2.38 bits per heavy atom. The SMILES string of the molecule is CCOC(=O)c1c(-c2ccc(Cl)cc2)csc1NC(=O)Nc1ccc(Cl)c(Cl)c1. The van der Waals surface area contributed by atoms with Gasteiger partial charge in [0.05, 0.1) is 16.7 Å². The van der Waals surface area contributed by atoms with E-state index in [1.54, 1.807) is 48.7 Å². The minimum atomic E-state index is -0.529. The molecule has 2 amide bonds. The molecule has 150 valence electrons. The third-order valence-corrected chi connectivity index (χ3v) is 5.72. The zero-order valence-corrected chi connectivity index (χ0v) is 18.2. The van der Waals surface area contributed by atoms with Crippen molar-refractivity contribution in [2.24, 2.45) is 0 Å². The summed E-state index contributed by atoms with van der Waals surface area (Å²) in [4.78, 5) is 25.0. The molecule has 1 aromatic heterocycles. The first-order chi connectivity index (χ1) is 13.9. The Morgan fingerprint density at radius 2 is 1.72 bits per heavy atom. The summed E-state index contributed by atoms with van der Waals surface area (Å²) in [6, 6.07) is 11.3. The number of rotatable bonds is 5. The largest absolute Gasteiger partial charge is 0.462 e. The Morgan fingerprint density at radius 1 is 1.00 bits per heavy atom. The lowest BCUT2D eigenvalue weighted by molar-refractivity contribution is 0.0529. The van der Waals surface area contributed by atoms with Gasteiger partial charge < -0.3 is 10.1 Å². The van der Waals surface area contributed by atoms with E-state index in [1.165, 1.54) is 17.4 Å². The van der Waals surface area contributed by atoms with Crippen molar-refractivity contribution >= 4 is 68.8 Å². The van der Waals surface area contributed by atoms with Gasteiger partial charge in [-0.05, 0) is 42.8 Å². The summed E-state index contributed by atoms with van der Waals surface area (Å²) in [6.45, 7) is 1.93. The number of esters is 1. The first-order valence-corrected chi connectivity index (χ1v) is 10.5. The Balaban J connectivity index is 1.87. The highest BCUT2D eigenvalue weighted by molar-refractivity contribution is 7.15. The van der Waals surface area contributed by atoms with Crippen LogP contribution in [-0.4, -0.2) is 18.6 Å². The minimum absolute atomic E-state index is 0.212. The normalized spacial score (nSPS) is 10.5. The fourth-order valence-electron chi connectivity index (χ4n) is 2.54. The smallest absolute Gasteiger partial charge is 0.341 e. The van der Waals surface area contributed by atoms with E-state index in [9.17, 15) is 9.59 Å². The number of ether oxygens (including phenoxy) is 1. The number of carbonyl (C=O) groups excluding carboxylic acids is 2. The molecule has 5 nitrogen and oxygen atoms in total. The first-order valence-electron chi connectivity index (χ1n) is 8.46. The highest BCUT2D eigenvalue weighted by Gasteiger charge is 2.23. The Labute approximate surface area is 186 Å². The number of halogens is 3. The lowest BCUT2D eigenvalue weighted by Crippen LogP contribution is -2.20. The van der Waals surface area contributed by atoms with Gasteiger partial charge in [0.15, 0.2) is 0 Å². The monoisotopic (exact) mass is 468 g/mol. The molecule has 2 N–H and O–H groups in total. The maximum absolute atomic E-state index is 12.6. The van der Waals surface area contributed by atoms with Crippen molar-refractivity contribution in [3.05, 3.63) is 68.5 Å². The van der Waals surface area contributed by atoms with E-state index in [0.29, 0.717) is 31.3 Å². The molecule has 0 aliphatic rings. The fourth-order valence-corrected chi connectivity index (χ4v) is 3.91. The van der Waals surface area contributed by atoms with E-state index in [2.05, 4.69) is 10.6 Å². The van der Waals surface area contributed by atoms with Crippen LogP contribution in [0.3, 0.4) is 0 Å². The van der Waals surface area contributed by atoms with Crippen LogP contribution in [-0.2, 0) is 4.74 Å². The number of nitrogens with one attached hydrogen (secondary N) is 2. The van der Waals surface area contributed by atoms with Gasteiger partial charge in [-0.3, -0.25) is 5.32 Å². The molecule has 29 heavy (non-hydrogen) atoms. The van der Waals surface area contributed by atoms with Crippen LogP contribution in [0.2, 0.25) is 15.1 Å². The van der Waals surface area contributed by atoms with Gasteiger partial charge in [-0.1, -0.05) is 46.9 Å². The van der Waals surface area contributed by atoms with Gasteiger partial charge in [0, 0.05) is 21.7 Å². The van der Waals surface area contributed by atoms with E-state index >= 15 is 0 Å². The van der Waals surface area contributed by atoms with Crippen molar-refractivity contribution in [2.45, 2.75) is 6.92 Å². The number of urea groups is 1. The maximum atomic E-state index is 12.6. The molecule has 0 atom stereocenters. The molecule has 0 saturated heterocycles. The zero-order valence-electron chi connectivity index (χ0n) is 15.1. The lowest BCUT2D eigenvalue weighted by atomic mass is 10.0. The van der Waals surface area contributed by atoms with Crippen LogP contribution in [0.25, 0.3) is 11.1 Å². The highest BCUT2D eigenvalue weighted by atomic mass is 35.5. The third-order valence-electron chi connectivity index (χ3n) is 3.83. The van der Waals surface area contributed by atoms with Crippen molar-refractivity contribution in [3.8, 4) is 11.1 Å². The van der Waals surface area contributed by atoms with Crippen LogP contribution in [0, 0.1) is 0 Å². The van der Waals surface area contributed by atoms with Crippen LogP contribution in [0.5, 0.6) is 0 Å². The zero-order chi connectivity index (χ0) is 21.0. The van der Waals surface area contributed by atoms with Crippen LogP contribution in [0.4, 0.5) is 15.5 Å². The van der Waals surface area contributed by atoms with E-state index < -0.39 is 12.0 Å². The van der Waals surface area contributed by atoms with Crippen molar-refractivity contribution in [1.29, 1.82) is 0 Å². The fraction of sp³-hybridized carbons (Fsp3) is 0.100. The molecule has 0 saturated carbocycles. The Kier molecular flexibility index (Phi) is 7.03. The molecule has 0 radical (unpaired) electrons. The van der Waals surface area contributed by atoms with Crippen LogP contribution >= 0.6 is 46.1 Å². The summed E-state index contributed by atoms with van der Waals surface area (Å²) < 4.78 is 5.18. The molecule has 3 rings (SSSR count). The number of benzene rings is 2. The molecule has 3 aromatic rings. The van der Waals surface area contributed by atoms with Crippen molar-refractivity contribution < 1.29 is 14.3 Å². The van der Waals surface area contributed by atoms with Crippen LogP contribution < -0.4 is 10.6 Å². The average molecular weight is 470 g/mol. The van der Waals surface area contributed by atoms with E-state index in [0.717, 1.165) is 5.56 Å². The summed E-state index contributed by atoms with van der Waals surface area (Å²) in [6.07, 6.45) is 0. The summed E-state index contributed by atoms with van der Waals surface area (Å²) in [7, 11) is 0. The molecule has 0 spiro atoms. The molecule has 0 aliphatic heterocycles.